The summed E-state index contributed by atoms with van der Waals surface area (Å²) in [7, 11) is 0. The van der Waals surface area contributed by atoms with Crippen LogP contribution in [0.25, 0.3) is 0 Å². The average molecular weight is 127 g/mol. The summed E-state index contributed by atoms with van der Waals surface area (Å²) in [6, 6.07) is 0. The summed E-state index contributed by atoms with van der Waals surface area (Å²) in [6.45, 7) is 2.61. The molecule has 0 fully saturated rings. The van der Waals surface area contributed by atoms with Crippen LogP contribution in [0.15, 0.2) is 0 Å². The van der Waals surface area contributed by atoms with Crippen LogP contribution in [0.1, 0.15) is 13.8 Å². The van der Waals surface area contributed by atoms with Gasteiger partial charge in [-0.2, -0.15) is 0 Å². The summed E-state index contributed by atoms with van der Waals surface area (Å²) in [5, 5.41) is 6.65. The van der Waals surface area contributed by atoms with E-state index in [1.54, 1.807) is 0 Å². The van der Waals surface area contributed by atoms with Crippen molar-refractivity contribution in [2.75, 3.05) is 0 Å². The van der Waals surface area contributed by atoms with E-state index in [4.69, 9.17) is 5.41 Å². The molecule has 50 valence electrons. The summed E-state index contributed by atoms with van der Waals surface area (Å²) in [6.07, 6.45) is 0.866. The number of ketones is 2. The number of hydrogen-bond acceptors (Lipinski definition) is 3. The molecule has 0 spiro atoms. The SMILES string of the molecule is CC(=O)C(C=N)C(C)=O. The van der Waals surface area contributed by atoms with E-state index in [0.717, 1.165) is 6.21 Å². The van der Waals surface area contributed by atoms with Crippen molar-refractivity contribution in [3.63, 3.8) is 0 Å². The van der Waals surface area contributed by atoms with Crippen LogP contribution >= 0.6 is 0 Å². The highest BCUT2D eigenvalue weighted by molar-refractivity contribution is 6.12. The molecule has 1 N–H and O–H groups in total. The Labute approximate surface area is 53.6 Å². The molecule has 0 atom stereocenters. The van der Waals surface area contributed by atoms with E-state index >= 15 is 0 Å². The van der Waals surface area contributed by atoms with Crippen molar-refractivity contribution >= 4 is 17.8 Å². The van der Waals surface area contributed by atoms with E-state index in [2.05, 4.69) is 0 Å². The number of nitrogens with one attached hydrogen (secondary N) is 1. The molecule has 0 unspecified atom stereocenters. The smallest absolute Gasteiger partial charge is 0.145 e. The Morgan fingerprint density at radius 2 is 1.67 bits per heavy atom. The number of carbonyl (C=O) groups is 2. The van der Waals surface area contributed by atoms with Crippen LogP contribution in [0.2, 0.25) is 0 Å². The van der Waals surface area contributed by atoms with Gasteiger partial charge in [-0.05, 0) is 13.8 Å². The molecule has 3 nitrogen and oxygen atoms in total. The van der Waals surface area contributed by atoms with Gasteiger partial charge < -0.3 is 5.41 Å². The molecule has 9 heavy (non-hydrogen) atoms. The molecule has 0 saturated carbocycles. The topological polar surface area (TPSA) is 58.0 Å². The Hall–Kier alpha value is -0.990. The first-order chi connectivity index (χ1) is 4.09. The van der Waals surface area contributed by atoms with Gasteiger partial charge in [0, 0.05) is 6.21 Å². The number of rotatable bonds is 3. The lowest BCUT2D eigenvalue weighted by molar-refractivity contribution is -0.127. The van der Waals surface area contributed by atoms with E-state index in [1.807, 2.05) is 0 Å². The Morgan fingerprint density at radius 1 is 1.33 bits per heavy atom. The van der Waals surface area contributed by atoms with Gasteiger partial charge in [-0.25, -0.2) is 0 Å². The molecule has 0 aromatic carbocycles. The zero-order chi connectivity index (χ0) is 7.44. The first-order valence-corrected chi connectivity index (χ1v) is 2.61. The number of carbonyl (C=O) groups excluding carboxylic acids is 2. The minimum Gasteiger partial charge on any atom is -0.312 e. The highest BCUT2D eigenvalue weighted by atomic mass is 16.1. The molecule has 0 aliphatic heterocycles. The van der Waals surface area contributed by atoms with E-state index < -0.39 is 5.92 Å². The van der Waals surface area contributed by atoms with Gasteiger partial charge >= 0.3 is 0 Å². The van der Waals surface area contributed by atoms with Crippen LogP contribution in [0.5, 0.6) is 0 Å². The second-order valence-electron chi connectivity index (χ2n) is 1.87. The molecule has 0 amide bonds. The first-order valence-electron chi connectivity index (χ1n) is 2.61. The molecule has 0 aromatic rings. The highest BCUT2D eigenvalue weighted by Gasteiger charge is 2.14. The molecule has 0 aliphatic rings. The Bertz CT molecular complexity index is 137. The summed E-state index contributed by atoms with van der Waals surface area (Å²) in [5.41, 5.74) is 0. The molecule has 0 heterocycles. The second kappa shape index (κ2) is 3.12. The molecule has 0 aliphatic carbocycles. The minimum absolute atomic E-state index is 0.266. The molecular weight excluding hydrogens is 118 g/mol. The number of Topliss-reactive ketones (excluding diaryl/α,β-unsaturated/α-hetero) is 2. The quantitative estimate of drug-likeness (QED) is 0.441. The number of hydrogen-bond donors (Lipinski definition) is 1. The standard InChI is InChI=1S/C6H9NO2/c1-4(8)6(3-7)5(2)9/h3,6-7H,1-2H3. The van der Waals surface area contributed by atoms with Crippen molar-refractivity contribution in [2.24, 2.45) is 5.92 Å². The molecule has 0 saturated heterocycles. The predicted octanol–water partition coefficient (Wildman–Crippen LogP) is 0.430. The van der Waals surface area contributed by atoms with Gasteiger partial charge in [0.1, 0.15) is 17.5 Å². The summed E-state index contributed by atoms with van der Waals surface area (Å²) in [5.74, 6) is -1.35. The van der Waals surface area contributed by atoms with E-state index in [1.165, 1.54) is 13.8 Å². The maximum absolute atomic E-state index is 10.4. The van der Waals surface area contributed by atoms with Crippen LogP contribution < -0.4 is 0 Å². The minimum atomic E-state index is -0.815. The van der Waals surface area contributed by atoms with Gasteiger partial charge in [-0.15, -0.1) is 0 Å². The van der Waals surface area contributed by atoms with Crippen molar-refractivity contribution in [1.82, 2.24) is 0 Å². The highest BCUT2D eigenvalue weighted by Crippen LogP contribution is 1.94. The van der Waals surface area contributed by atoms with Gasteiger partial charge in [0.2, 0.25) is 0 Å². The lowest BCUT2D eigenvalue weighted by Crippen LogP contribution is -2.19. The van der Waals surface area contributed by atoms with Crippen molar-refractivity contribution in [3.05, 3.63) is 0 Å². The van der Waals surface area contributed by atoms with E-state index in [-0.39, 0.29) is 11.6 Å². The van der Waals surface area contributed by atoms with E-state index in [9.17, 15) is 9.59 Å². The third-order valence-electron chi connectivity index (χ3n) is 1.04. The third-order valence-corrected chi connectivity index (χ3v) is 1.04. The average Bonchev–Trinajstić information content (AvgIpc) is 1.64. The van der Waals surface area contributed by atoms with Gasteiger partial charge in [-0.3, -0.25) is 9.59 Å². The fourth-order valence-corrected chi connectivity index (χ4v) is 0.521. The first kappa shape index (κ1) is 8.01. The largest absolute Gasteiger partial charge is 0.312 e. The van der Waals surface area contributed by atoms with Gasteiger partial charge in [0.05, 0.1) is 0 Å². The molecule has 0 aromatic heterocycles. The maximum Gasteiger partial charge on any atom is 0.145 e. The molecule has 3 heteroatoms. The summed E-state index contributed by atoms with van der Waals surface area (Å²) < 4.78 is 0. The molecule has 0 bridgehead atoms. The van der Waals surface area contributed by atoms with Crippen molar-refractivity contribution in [2.45, 2.75) is 13.8 Å². The van der Waals surface area contributed by atoms with Gasteiger partial charge in [-0.1, -0.05) is 0 Å². The predicted molar refractivity (Wildman–Crippen MR) is 33.6 cm³/mol. The van der Waals surface area contributed by atoms with Gasteiger partial charge in [0.15, 0.2) is 0 Å². The lowest BCUT2D eigenvalue weighted by atomic mass is 10.0. The maximum atomic E-state index is 10.4. The Morgan fingerprint density at radius 3 is 1.67 bits per heavy atom. The van der Waals surface area contributed by atoms with Crippen molar-refractivity contribution < 1.29 is 9.59 Å². The van der Waals surface area contributed by atoms with Crippen molar-refractivity contribution in [1.29, 1.82) is 5.41 Å². The van der Waals surface area contributed by atoms with Crippen LogP contribution in [-0.4, -0.2) is 17.8 Å². The second-order valence-corrected chi connectivity index (χ2v) is 1.87. The van der Waals surface area contributed by atoms with Crippen LogP contribution in [0.3, 0.4) is 0 Å². The third kappa shape index (κ3) is 2.17. The molecule has 0 rings (SSSR count). The fraction of sp³-hybridized carbons (Fsp3) is 0.500. The zero-order valence-corrected chi connectivity index (χ0v) is 5.47. The molecular formula is C6H9NO2. The van der Waals surface area contributed by atoms with E-state index in [0.29, 0.717) is 0 Å². The van der Waals surface area contributed by atoms with Crippen LogP contribution in [0.4, 0.5) is 0 Å². The molecule has 0 radical (unpaired) electrons. The Balaban J connectivity index is 4.16. The van der Waals surface area contributed by atoms with Crippen molar-refractivity contribution in [3.8, 4) is 0 Å². The summed E-state index contributed by atoms with van der Waals surface area (Å²) >= 11 is 0. The van der Waals surface area contributed by atoms with Crippen LogP contribution in [-0.2, 0) is 9.59 Å². The Kier molecular flexibility index (Phi) is 2.78. The summed E-state index contributed by atoms with van der Waals surface area (Å²) in [4.78, 5) is 20.9. The zero-order valence-electron chi connectivity index (χ0n) is 5.47. The van der Waals surface area contributed by atoms with Gasteiger partial charge in [0.25, 0.3) is 0 Å². The van der Waals surface area contributed by atoms with Crippen LogP contribution in [0, 0.1) is 11.3 Å². The lowest BCUT2D eigenvalue weighted by Gasteiger charge is -1.98. The normalized spacial score (nSPS) is 9.22. The monoisotopic (exact) mass is 127 g/mol. The fourth-order valence-electron chi connectivity index (χ4n) is 0.521.